The van der Waals surface area contributed by atoms with Gasteiger partial charge in [-0.2, -0.15) is 0 Å². The summed E-state index contributed by atoms with van der Waals surface area (Å²) < 4.78 is 14.4. The summed E-state index contributed by atoms with van der Waals surface area (Å²) in [7, 11) is -5.36. The predicted octanol–water partition coefficient (Wildman–Crippen LogP) is -3.25. The van der Waals surface area contributed by atoms with Crippen LogP contribution in [0.15, 0.2) is 0 Å². The molecule has 20 heavy (non-hydrogen) atoms. The van der Waals surface area contributed by atoms with E-state index >= 15 is 0 Å². The molecule has 0 radical (unpaired) electrons. The molecule has 0 saturated carbocycles. The Morgan fingerprint density at radius 2 is 1.25 bits per heavy atom. The van der Waals surface area contributed by atoms with E-state index in [0.29, 0.717) is 0 Å². The van der Waals surface area contributed by atoms with Gasteiger partial charge in [0.25, 0.3) is 0 Å². The van der Waals surface area contributed by atoms with Crippen LogP contribution in [0.1, 0.15) is 12.8 Å². The van der Waals surface area contributed by atoms with E-state index in [1.54, 1.807) is 0 Å². The fourth-order valence-electron chi connectivity index (χ4n) is 1.03. The molecule has 0 aromatic rings. The summed E-state index contributed by atoms with van der Waals surface area (Å²) in [5.74, 6) is -5.64. The fourth-order valence-corrected chi connectivity index (χ4v) is 1.70. The van der Waals surface area contributed by atoms with E-state index in [0.717, 1.165) is 0 Å². The Balaban J connectivity index is -0.000000427. The SMILES string of the molecule is O.O=C(O)CC(CC(=O)O)(OP(=O)(O)O)C(=O)O.[NaH].[NaH]. The summed E-state index contributed by atoms with van der Waals surface area (Å²) in [5.41, 5.74) is -3.02. The number of carboxylic acids is 3. The van der Waals surface area contributed by atoms with Crippen molar-refractivity contribution in [3.05, 3.63) is 0 Å². The molecule has 7 N–H and O–H groups in total. The number of aliphatic carboxylic acids is 3. The van der Waals surface area contributed by atoms with Gasteiger partial charge in [-0.15, -0.1) is 0 Å². The Morgan fingerprint density at radius 1 is 0.950 bits per heavy atom. The zero-order valence-corrected chi connectivity index (χ0v) is 9.53. The van der Waals surface area contributed by atoms with E-state index in [-0.39, 0.29) is 64.6 Å². The first-order valence-corrected chi connectivity index (χ1v) is 5.45. The van der Waals surface area contributed by atoms with Crippen molar-refractivity contribution < 1.29 is 54.1 Å². The van der Waals surface area contributed by atoms with Crippen LogP contribution in [0, 0.1) is 0 Å². The van der Waals surface area contributed by atoms with Crippen molar-refractivity contribution in [3.8, 4) is 0 Å². The van der Waals surface area contributed by atoms with E-state index in [1.165, 1.54) is 0 Å². The van der Waals surface area contributed by atoms with E-state index in [4.69, 9.17) is 25.1 Å². The van der Waals surface area contributed by atoms with Crippen molar-refractivity contribution in [2.45, 2.75) is 18.4 Å². The molecule has 0 rings (SSSR count). The second kappa shape index (κ2) is 11.1. The summed E-state index contributed by atoms with van der Waals surface area (Å²) >= 11 is 0. The van der Waals surface area contributed by atoms with Gasteiger partial charge in [-0.05, 0) is 0 Å². The van der Waals surface area contributed by atoms with Crippen molar-refractivity contribution in [2.24, 2.45) is 0 Å². The van der Waals surface area contributed by atoms with Crippen LogP contribution in [0.4, 0.5) is 0 Å². The second-order valence-corrected chi connectivity index (χ2v) is 4.19. The van der Waals surface area contributed by atoms with E-state index in [9.17, 15) is 18.9 Å². The standard InChI is InChI=1S/C6H9O10P.2Na.H2O.2H/c7-3(8)1-6(5(11)12,2-4(9)10)16-17(13,14)15;;;;;/h1-2H2,(H,7,8)(H,9,10)(H,11,12)(H2,13,14,15);;;1H2;;. The van der Waals surface area contributed by atoms with Crippen LogP contribution in [0.25, 0.3) is 0 Å². The molecule has 11 nitrogen and oxygen atoms in total. The van der Waals surface area contributed by atoms with E-state index in [2.05, 4.69) is 4.52 Å². The van der Waals surface area contributed by atoms with Crippen molar-refractivity contribution in [1.82, 2.24) is 0 Å². The van der Waals surface area contributed by atoms with Crippen LogP contribution in [0.3, 0.4) is 0 Å². The maximum atomic E-state index is 10.8. The molecule has 0 aliphatic rings. The van der Waals surface area contributed by atoms with Gasteiger partial charge in [0.1, 0.15) is 0 Å². The molecule has 0 spiro atoms. The molecule has 0 amide bonds. The first kappa shape index (κ1) is 28.6. The first-order chi connectivity index (χ1) is 7.48. The molecule has 0 aliphatic carbocycles. The number of carbonyl (C=O) groups is 3. The molecule has 0 aromatic carbocycles. The van der Waals surface area contributed by atoms with E-state index in [1.807, 2.05) is 0 Å². The Bertz CT molecular complexity index is 374. The third-order valence-corrected chi connectivity index (χ3v) is 2.14. The number of carboxylic acid groups (broad SMARTS) is 3. The summed E-state index contributed by atoms with van der Waals surface area (Å²) in [5, 5.41) is 25.5. The van der Waals surface area contributed by atoms with Crippen LogP contribution in [0.5, 0.6) is 0 Å². The number of hydrogen-bond acceptors (Lipinski definition) is 5. The summed E-state index contributed by atoms with van der Waals surface area (Å²) in [6, 6.07) is 0. The first-order valence-electron chi connectivity index (χ1n) is 3.92. The molecule has 110 valence electrons. The van der Waals surface area contributed by atoms with Gasteiger partial charge in [0.2, 0.25) is 0 Å². The fraction of sp³-hybridized carbons (Fsp3) is 0.500. The molecule has 14 heteroatoms. The number of phosphoric acid groups is 1. The van der Waals surface area contributed by atoms with Gasteiger partial charge < -0.3 is 30.6 Å². The second-order valence-electron chi connectivity index (χ2n) is 3.02. The molecule has 0 aliphatic heterocycles. The Hall–Kier alpha value is 0.480. The average Bonchev–Trinajstić information content (AvgIpc) is 1.96. The normalized spacial score (nSPS) is 10.3. The third kappa shape index (κ3) is 11.2. The molecule has 0 unspecified atom stereocenters. The van der Waals surface area contributed by atoms with Crippen LogP contribution in [-0.2, 0) is 23.5 Å². The molecule has 0 aromatic heterocycles. The monoisotopic (exact) mass is 338 g/mol. The summed E-state index contributed by atoms with van der Waals surface area (Å²) in [4.78, 5) is 48.5. The number of hydrogen-bond donors (Lipinski definition) is 5. The topological polar surface area (TPSA) is 210 Å². The van der Waals surface area contributed by atoms with Crippen LogP contribution >= 0.6 is 7.82 Å². The van der Waals surface area contributed by atoms with Crippen LogP contribution < -0.4 is 0 Å². The zero-order valence-electron chi connectivity index (χ0n) is 8.64. The van der Waals surface area contributed by atoms with Crippen molar-refractivity contribution in [2.75, 3.05) is 0 Å². The van der Waals surface area contributed by atoms with Crippen molar-refractivity contribution >= 4 is 84.8 Å². The molecule has 0 saturated heterocycles. The van der Waals surface area contributed by atoms with Gasteiger partial charge in [0.05, 0.1) is 12.8 Å². The molecular weight excluding hydrogens is 325 g/mol. The Morgan fingerprint density at radius 3 is 1.40 bits per heavy atom. The van der Waals surface area contributed by atoms with E-state index < -0.39 is 44.2 Å². The molecule has 0 heterocycles. The predicted molar refractivity (Wildman–Crippen MR) is 65.9 cm³/mol. The zero-order chi connectivity index (χ0) is 13.9. The van der Waals surface area contributed by atoms with Crippen LogP contribution in [0.2, 0.25) is 0 Å². The van der Waals surface area contributed by atoms with Gasteiger partial charge in [0.15, 0.2) is 5.60 Å². The van der Waals surface area contributed by atoms with Crippen molar-refractivity contribution in [3.63, 3.8) is 0 Å². The molecule has 0 bridgehead atoms. The Labute approximate surface area is 156 Å². The molecule has 0 atom stereocenters. The van der Waals surface area contributed by atoms with Gasteiger partial charge in [-0.1, -0.05) is 0 Å². The van der Waals surface area contributed by atoms with Gasteiger partial charge in [-0.25, -0.2) is 9.36 Å². The minimum absolute atomic E-state index is 0. The van der Waals surface area contributed by atoms with Gasteiger partial charge in [0, 0.05) is 0 Å². The minimum atomic E-state index is -5.36. The average molecular weight is 338 g/mol. The van der Waals surface area contributed by atoms with Crippen LogP contribution in [-0.4, -0.2) is 113 Å². The van der Waals surface area contributed by atoms with Crippen molar-refractivity contribution in [1.29, 1.82) is 0 Å². The summed E-state index contributed by atoms with van der Waals surface area (Å²) in [6.45, 7) is 0. The Kier molecular flexibility index (Phi) is 15.9. The van der Waals surface area contributed by atoms with Gasteiger partial charge >= 0.3 is 84.8 Å². The maximum absolute atomic E-state index is 10.8. The molecule has 0 fully saturated rings. The molecular formula is C6H13Na2O11P. The number of phosphoric ester groups is 1. The summed E-state index contributed by atoms with van der Waals surface area (Å²) in [6.07, 6.45) is -2.81. The third-order valence-electron chi connectivity index (χ3n) is 1.56. The number of rotatable bonds is 7. The van der Waals surface area contributed by atoms with Gasteiger partial charge in [-0.3, -0.25) is 14.1 Å². The quantitative estimate of drug-likeness (QED) is 0.231.